The highest BCUT2D eigenvalue weighted by atomic mass is 16.3. The molecule has 0 aromatic carbocycles. The predicted octanol–water partition coefficient (Wildman–Crippen LogP) is 2.22. The fourth-order valence-corrected chi connectivity index (χ4v) is 0.402. The van der Waals surface area contributed by atoms with E-state index in [1.807, 2.05) is 0 Å². The normalized spacial score (nSPS) is 12.9. The van der Waals surface area contributed by atoms with Crippen molar-refractivity contribution in [1.29, 1.82) is 0 Å². The summed E-state index contributed by atoms with van der Waals surface area (Å²) in [5, 5.41) is 17.4. The predicted molar refractivity (Wildman–Crippen MR) is 62.0 cm³/mol. The van der Waals surface area contributed by atoms with E-state index in [-0.39, 0.29) is 0 Å². The summed E-state index contributed by atoms with van der Waals surface area (Å²) in [6.45, 7) is 17.3. The zero-order valence-electron chi connectivity index (χ0n) is 9.03. The molecule has 0 saturated carbocycles. The summed E-state index contributed by atoms with van der Waals surface area (Å²) in [5.74, 6) is 0. The van der Waals surface area contributed by atoms with Crippen LogP contribution in [0.3, 0.4) is 0 Å². The second-order valence-corrected chi connectivity index (χ2v) is 3.05. The van der Waals surface area contributed by atoms with Crippen LogP contribution in [-0.2, 0) is 0 Å². The van der Waals surface area contributed by atoms with E-state index in [1.165, 1.54) is 12.2 Å². The number of rotatable bonds is 4. The molecule has 80 valence electrons. The molecule has 2 atom stereocenters. The average molecular weight is 196 g/mol. The van der Waals surface area contributed by atoms with E-state index in [9.17, 15) is 0 Å². The Balaban J connectivity index is 0. The molecule has 0 rings (SSSR count). The number of aliphatic hydroxyl groups is 2. The van der Waals surface area contributed by atoms with Gasteiger partial charge in [-0.3, -0.25) is 0 Å². The Morgan fingerprint density at radius 3 is 1.14 bits per heavy atom. The summed E-state index contributed by atoms with van der Waals surface area (Å²) in [4.78, 5) is 0. The Hall–Kier alpha value is -1.12. The first kappa shape index (κ1) is 15.4. The van der Waals surface area contributed by atoms with Gasteiger partial charge >= 0.3 is 0 Å². The van der Waals surface area contributed by atoms with Gasteiger partial charge in [0.25, 0.3) is 0 Å². The van der Waals surface area contributed by atoms with Crippen molar-refractivity contribution in [3.05, 3.63) is 49.6 Å². The first-order chi connectivity index (χ1) is 6.36. The Bertz CT molecular complexity index is 192. The Labute approximate surface area is 86.6 Å². The quantitative estimate of drug-likeness (QED) is 0.677. The molecular weight excluding hydrogens is 176 g/mol. The van der Waals surface area contributed by atoms with Gasteiger partial charge in [0.15, 0.2) is 0 Å². The molecule has 0 saturated heterocycles. The van der Waals surface area contributed by atoms with Gasteiger partial charge in [-0.1, -0.05) is 25.3 Å². The van der Waals surface area contributed by atoms with Gasteiger partial charge in [-0.25, -0.2) is 0 Å². The van der Waals surface area contributed by atoms with E-state index >= 15 is 0 Å². The molecule has 0 unspecified atom stereocenters. The van der Waals surface area contributed by atoms with Crippen molar-refractivity contribution in [2.24, 2.45) is 0 Å². The van der Waals surface area contributed by atoms with Crippen molar-refractivity contribution in [2.75, 3.05) is 0 Å². The second-order valence-electron chi connectivity index (χ2n) is 3.05. The van der Waals surface area contributed by atoms with Crippen molar-refractivity contribution in [1.82, 2.24) is 0 Å². The molecule has 2 N–H and O–H groups in total. The Morgan fingerprint density at radius 1 is 0.929 bits per heavy atom. The minimum absolute atomic E-state index is 0.528. The molecule has 0 aliphatic carbocycles. The summed E-state index contributed by atoms with van der Waals surface area (Å²) in [6, 6.07) is 0. The minimum Gasteiger partial charge on any atom is -0.385 e. The van der Waals surface area contributed by atoms with Crippen LogP contribution in [0, 0.1) is 0 Å². The van der Waals surface area contributed by atoms with Crippen LogP contribution in [0.4, 0.5) is 0 Å². The Morgan fingerprint density at radius 2 is 1.14 bits per heavy atom. The lowest BCUT2D eigenvalue weighted by Gasteiger charge is -1.99. The van der Waals surface area contributed by atoms with E-state index < -0.39 is 12.2 Å². The zero-order chi connectivity index (χ0) is 11.7. The molecule has 0 aromatic heterocycles. The third-order valence-electron chi connectivity index (χ3n) is 1.46. The summed E-state index contributed by atoms with van der Waals surface area (Å²) >= 11 is 0. The summed E-state index contributed by atoms with van der Waals surface area (Å²) < 4.78 is 0. The maximum Gasteiger partial charge on any atom is 0.0923 e. The lowest BCUT2D eigenvalue weighted by molar-refractivity contribution is 0.260. The van der Waals surface area contributed by atoms with Crippen molar-refractivity contribution in [3.63, 3.8) is 0 Å². The summed E-state index contributed by atoms with van der Waals surface area (Å²) in [6.07, 6.45) is 1.84. The van der Waals surface area contributed by atoms with Crippen LogP contribution in [0.2, 0.25) is 0 Å². The van der Waals surface area contributed by atoms with Gasteiger partial charge in [0.2, 0.25) is 0 Å². The highest BCUT2D eigenvalue weighted by Gasteiger charge is 1.93. The van der Waals surface area contributed by atoms with E-state index in [0.717, 1.165) is 11.1 Å². The van der Waals surface area contributed by atoms with Crippen LogP contribution in [0.15, 0.2) is 49.6 Å². The molecule has 14 heavy (non-hydrogen) atoms. The first-order valence-corrected chi connectivity index (χ1v) is 4.28. The van der Waals surface area contributed by atoms with E-state index in [1.54, 1.807) is 13.8 Å². The summed E-state index contributed by atoms with van der Waals surface area (Å²) in [7, 11) is 0. The zero-order valence-corrected chi connectivity index (χ0v) is 9.03. The average Bonchev–Trinajstić information content (AvgIpc) is 2.15. The van der Waals surface area contributed by atoms with Crippen molar-refractivity contribution in [2.45, 2.75) is 26.1 Å². The molecule has 0 aliphatic rings. The molecule has 0 amide bonds. The topological polar surface area (TPSA) is 40.5 Å². The minimum atomic E-state index is -0.528. The van der Waals surface area contributed by atoms with E-state index in [0.29, 0.717) is 0 Å². The third-order valence-corrected chi connectivity index (χ3v) is 1.46. The smallest absolute Gasteiger partial charge is 0.0923 e. The fraction of sp³-hybridized carbons (Fsp3) is 0.333. The highest BCUT2D eigenvalue weighted by molar-refractivity contribution is 5.05. The van der Waals surface area contributed by atoms with Crippen LogP contribution >= 0.6 is 0 Å². The molecule has 0 heterocycles. The highest BCUT2D eigenvalue weighted by Crippen LogP contribution is 1.96. The van der Waals surface area contributed by atoms with Crippen molar-refractivity contribution < 1.29 is 10.2 Å². The first-order valence-electron chi connectivity index (χ1n) is 4.28. The Kier molecular flexibility index (Phi) is 9.30. The van der Waals surface area contributed by atoms with Crippen LogP contribution < -0.4 is 0 Å². The van der Waals surface area contributed by atoms with Gasteiger partial charge in [-0.15, -0.1) is 13.2 Å². The monoisotopic (exact) mass is 196 g/mol. The van der Waals surface area contributed by atoms with Gasteiger partial charge in [0, 0.05) is 0 Å². The standard InChI is InChI=1S/2C6H10O/c2*1-4-6(7)5(2)3/h2*4,6-7H,1-2H2,3H3/t2*6-/m11/s1. The second kappa shape index (κ2) is 8.48. The van der Waals surface area contributed by atoms with Crippen molar-refractivity contribution >= 4 is 0 Å². The number of hydrogen-bond donors (Lipinski definition) is 2. The van der Waals surface area contributed by atoms with Crippen LogP contribution in [0.25, 0.3) is 0 Å². The molecule has 2 heteroatoms. The van der Waals surface area contributed by atoms with Gasteiger partial charge in [0.1, 0.15) is 0 Å². The fourth-order valence-electron chi connectivity index (χ4n) is 0.402. The third kappa shape index (κ3) is 8.97. The molecule has 0 bridgehead atoms. The molecule has 2 nitrogen and oxygen atoms in total. The van der Waals surface area contributed by atoms with Crippen LogP contribution in [0.1, 0.15) is 13.8 Å². The van der Waals surface area contributed by atoms with Gasteiger partial charge in [0.05, 0.1) is 12.2 Å². The molecule has 0 radical (unpaired) electrons. The van der Waals surface area contributed by atoms with Gasteiger partial charge in [-0.05, 0) is 25.0 Å². The van der Waals surface area contributed by atoms with Gasteiger partial charge < -0.3 is 10.2 Å². The lowest BCUT2D eigenvalue weighted by atomic mass is 10.2. The van der Waals surface area contributed by atoms with E-state index in [4.69, 9.17) is 10.2 Å². The molecule has 0 aromatic rings. The number of aliphatic hydroxyl groups excluding tert-OH is 2. The lowest BCUT2D eigenvalue weighted by Crippen LogP contribution is -2.00. The maximum atomic E-state index is 8.72. The van der Waals surface area contributed by atoms with E-state index in [2.05, 4.69) is 26.3 Å². The molecule has 0 spiro atoms. The molecule has 0 fully saturated rings. The molecular formula is C12H20O2. The SMILES string of the molecule is C=C[C@@H](O)C(=C)C.C=C[C@@H](O)C(=C)C. The van der Waals surface area contributed by atoms with Crippen molar-refractivity contribution in [3.8, 4) is 0 Å². The van der Waals surface area contributed by atoms with Crippen LogP contribution in [-0.4, -0.2) is 22.4 Å². The maximum absolute atomic E-state index is 8.72. The van der Waals surface area contributed by atoms with Gasteiger partial charge in [-0.2, -0.15) is 0 Å². The van der Waals surface area contributed by atoms with Crippen LogP contribution in [0.5, 0.6) is 0 Å². The largest absolute Gasteiger partial charge is 0.385 e. The number of hydrogen-bond acceptors (Lipinski definition) is 2. The molecule has 0 aliphatic heterocycles. The summed E-state index contributed by atoms with van der Waals surface area (Å²) in [5.41, 5.74) is 1.46.